The lowest BCUT2D eigenvalue weighted by atomic mass is 10.1. The van der Waals surface area contributed by atoms with Crippen LogP contribution in [0.4, 0.5) is 10.1 Å². The maximum Gasteiger partial charge on any atom is 0.253 e. The van der Waals surface area contributed by atoms with E-state index in [1.54, 1.807) is 12.1 Å². The van der Waals surface area contributed by atoms with Crippen molar-refractivity contribution < 1.29 is 9.18 Å². The van der Waals surface area contributed by atoms with E-state index in [9.17, 15) is 9.18 Å². The second-order valence-electron chi connectivity index (χ2n) is 6.06. The Balaban J connectivity index is 1.66. The molecule has 0 aromatic heterocycles. The predicted molar refractivity (Wildman–Crippen MR) is 90.4 cm³/mol. The van der Waals surface area contributed by atoms with Gasteiger partial charge in [0.15, 0.2) is 0 Å². The van der Waals surface area contributed by atoms with E-state index in [1.165, 1.54) is 11.6 Å². The van der Waals surface area contributed by atoms with Gasteiger partial charge in [-0.1, -0.05) is 12.1 Å². The molecule has 3 rings (SSSR count). The molecule has 0 atom stereocenters. The zero-order chi connectivity index (χ0) is 16.4. The summed E-state index contributed by atoms with van der Waals surface area (Å²) in [5.41, 5.74) is 3.95. The van der Waals surface area contributed by atoms with Gasteiger partial charge >= 0.3 is 0 Å². The Morgan fingerprint density at radius 1 is 0.957 bits per heavy atom. The van der Waals surface area contributed by atoms with E-state index in [4.69, 9.17) is 0 Å². The highest BCUT2D eigenvalue weighted by Crippen LogP contribution is 2.19. The molecule has 1 fully saturated rings. The number of piperazine rings is 1. The summed E-state index contributed by atoms with van der Waals surface area (Å²) in [6.07, 6.45) is 0. The third-order valence-corrected chi connectivity index (χ3v) is 4.49. The summed E-state index contributed by atoms with van der Waals surface area (Å²) in [6.45, 7) is 6.82. The molecule has 0 unspecified atom stereocenters. The van der Waals surface area contributed by atoms with Crippen molar-refractivity contribution in [3.05, 3.63) is 65.0 Å². The number of carbonyl (C=O) groups is 1. The zero-order valence-corrected chi connectivity index (χ0v) is 13.6. The lowest BCUT2D eigenvalue weighted by molar-refractivity contribution is 0.0746. The van der Waals surface area contributed by atoms with Crippen LogP contribution in [-0.4, -0.2) is 37.0 Å². The molecule has 0 radical (unpaired) electrons. The maximum atomic E-state index is 13.3. The van der Waals surface area contributed by atoms with Crippen LogP contribution >= 0.6 is 0 Å². The van der Waals surface area contributed by atoms with Crippen molar-refractivity contribution in [2.45, 2.75) is 13.8 Å². The van der Waals surface area contributed by atoms with E-state index >= 15 is 0 Å². The van der Waals surface area contributed by atoms with Gasteiger partial charge in [-0.3, -0.25) is 4.79 Å². The van der Waals surface area contributed by atoms with Gasteiger partial charge in [0, 0.05) is 37.4 Å². The minimum absolute atomic E-state index is 0.0759. The van der Waals surface area contributed by atoms with Gasteiger partial charge < -0.3 is 9.80 Å². The van der Waals surface area contributed by atoms with Crippen LogP contribution in [0.1, 0.15) is 21.5 Å². The molecular weight excluding hydrogens is 291 g/mol. The summed E-state index contributed by atoms with van der Waals surface area (Å²) in [5, 5.41) is 0. The molecule has 0 saturated carbocycles. The lowest BCUT2D eigenvalue weighted by Gasteiger charge is -2.36. The van der Waals surface area contributed by atoms with E-state index in [0.717, 1.165) is 29.9 Å². The fourth-order valence-corrected chi connectivity index (χ4v) is 2.90. The van der Waals surface area contributed by atoms with Crippen LogP contribution in [0.5, 0.6) is 0 Å². The van der Waals surface area contributed by atoms with Crippen molar-refractivity contribution in [2.75, 3.05) is 31.1 Å². The number of halogens is 1. The summed E-state index contributed by atoms with van der Waals surface area (Å²) in [4.78, 5) is 16.6. The molecule has 2 aromatic carbocycles. The summed E-state index contributed by atoms with van der Waals surface area (Å²) in [5.74, 6) is -0.150. The van der Waals surface area contributed by atoms with Crippen LogP contribution in [0.25, 0.3) is 0 Å². The van der Waals surface area contributed by atoms with Gasteiger partial charge in [0.25, 0.3) is 5.91 Å². The molecule has 0 N–H and O–H groups in total. The maximum absolute atomic E-state index is 13.3. The highest BCUT2D eigenvalue weighted by atomic mass is 19.1. The van der Waals surface area contributed by atoms with Crippen LogP contribution in [0.2, 0.25) is 0 Å². The molecule has 4 heteroatoms. The second kappa shape index (κ2) is 6.41. The monoisotopic (exact) mass is 312 g/mol. The van der Waals surface area contributed by atoms with Gasteiger partial charge in [-0.25, -0.2) is 4.39 Å². The van der Waals surface area contributed by atoms with Gasteiger partial charge in [0.05, 0.1) is 0 Å². The van der Waals surface area contributed by atoms with E-state index < -0.39 is 0 Å². The van der Waals surface area contributed by atoms with Crippen molar-refractivity contribution in [2.24, 2.45) is 0 Å². The Kier molecular flexibility index (Phi) is 4.33. The molecule has 0 spiro atoms. The van der Waals surface area contributed by atoms with Crippen molar-refractivity contribution in [3.8, 4) is 0 Å². The molecule has 1 aliphatic heterocycles. The van der Waals surface area contributed by atoms with E-state index in [2.05, 4.69) is 4.90 Å². The van der Waals surface area contributed by atoms with Gasteiger partial charge in [0.2, 0.25) is 0 Å². The first-order valence-corrected chi connectivity index (χ1v) is 7.91. The summed E-state index contributed by atoms with van der Waals surface area (Å²) in [6, 6.07) is 12.5. The Morgan fingerprint density at radius 3 is 2.35 bits per heavy atom. The normalized spacial score (nSPS) is 14.9. The Morgan fingerprint density at radius 2 is 1.70 bits per heavy atom. The van der Waals surface area contributed by atoms with Crippen LogP contribution in [0, 0.1) is 19.7 Å². The number of carbonyl (C=O) groups excluding carboxylic acids is 1. The fraction of sp³-hybridized carbons (Fsp3) is 0.316. The molecule has 120 valence electrons. The number of benzene rings is 2. The molecule has 0 bridgehead atoms. The van der Waals surface area contributed by atoms with E-state index in [0.29, 0.717) is 13.1 Å². The average molecular weight is 312 g/mol. The average Bonchev–Trinajstić information content (AvgIpc) is 2.57. The topological polar surface area (TPSA) is 23.6 Å². The van der Waals surface area contributed by atoms with Crippen molar-refractivity contribution in [1.29, 1.82) is 0 Å². The number of nitrogens with zero attached hydrogens (tertiary/aromatic N) is 2. The quantitative estimate of drug-likeness (QED) is 0.848. The van der Waals surface area contributed by atoms with Gasteiger partial charge in [0.1, 0.15) is 5.82 Å². The standard InChI is InChI=1S/C19H21FN2O/c1-14-6-7-16(12-15(14)2)19(23)22-10-8-21(9-11-22)18-5-3-4-17(20)13-18/h3-7,12-13H,8-11H2,1-2H3. The summed E-state index contributed by atoms with van der Waals surface area (Å²) in [7, 11) is 0. The van der Waals surface area contributed by atoms with Crippen molar-refractivity contribution in [1.82, 2.24) is 4.90 Å². The number of aryl methyl sites for hydroxylation is 2. The number of amides is 1. The van der Waals surface area contributed by atoms with Crippen LogP contribution < -0.4 is 4.90 Å². The Bertz CT molecular complexity index is 721. The smallest absolute Gasteiger partial charge is 0.253 e. The minimum Gasteiger partial charge on any atom is -0.368 e. The highest BCUT2D eigenvalue weighted by Gasteiger charge is 2.22. The molecule has 2 aromatic rings. The van der Waals surface area contributed by atoms with Gasteiger partial charge in [-0.2, -0.15) is 0 Å². The summed E-state index contributed by atoms with van der Waals surface area (Å²) < 4.78 is 13.3. The number of hydrogen-bond donors (Lipinski definition) is 0. The minimum atomic E-state index is -0.226. The molecule has 1 heterocycles. The first kappa shape index (κ1) is 15.5. The zero-order valence-electron chi connectivity index (χ0n) is 13.6. The summed E-state index contributed by atoms with van der Waals surface area (Å²) >= 11 is 0. The molecule has 0 aliphatic carbocycles. The fourth-order valence-electron chi connectivity index (χ4n) is 2.90. The molecule has 1 saturated heterocycles. The number of hydrogen-bond acceptors (Lipinski definition) is 2. The van der Waals surface area contributed by atoms with Crippen LogP contribution in [-0.2, 0) is 0 Å². The van der Waals surface area contributed by atoms with Crippen molar-refractivity contribution >= 4 is 11.6 Å². The van der Waals surface area contributed by atoms with Crippen LogP contribution in [0.3, 0.4) is 0 Å². The molecule has 1 aliphatic rings. The van der Waals surface area contributed by atoms with E-state index in [-0.39, 0.29) is 11.7 Å². The van der Waals surface area contributed by atoms with Crippen molar-refractivity contribution in [3.63, 3.8) is 0 Å². The number of anilines is 1. The number of rotatable bonds is 2. The largest absolute Gasteiger partial charge is 0.368 e. The van der Waals surface area contributed by atoms with Gasteiger partial charge in [-0.15, -0.1) is 0 Å². The molecule has 1 amide bonds. The molecular formula is C19H21FN2O. The Hall–Kier alpha value is -2.36. The third kappa shape index (κ3) is 3.36. The second-order valence-corrected chi connectivity index (χ2v) is 6.06. The third-order valence-electron chi connectivity index (χ3n) is 4.49. The first-order chi connectivity index (χ1) is 11.0. The first-order valence-electron chi connectivity index (χ1n) is 7.91. The molecule has 3 nitrogen and oxygen atoms in total. The van der Waals surface area contributed by atoms with Gasteiger partial charge in [-0.05, 0) is 55.3 Å². The van der Waals surface area contributed by atoms with E-state index in [1.807, 2.05) is 43.0 Å². The molecule has 23 heavy (non-hydrogen) atoms. The van der Waals surface area contributed by atoms with Crippen LogP contribution in [0.15, 0.2) is 42.5 Å². The SMILES string of the molecule is Cc1ccc(C(=O)N2CCN(c3cccc(F)c3)CC2)cc1C. The Labute approximate surface area is 136 Å². The predicted octanol–water partition coefficient (Wildman–Crippen LogP) is 3.40. The highest BCUT2D eigenvalue weighted by molar-refractivity contribution is 5.94. The lowest BCUT2D eigenvalue weighted by Crippen LogP contribution is -2.48.